The van der Waals surface area contributed by atoms with Crippen molar-refractivity contribution in [3.05, 3.63) is 0 Å². The quantitative estimate of drug-likeness (QED) is 0.393. The molecule has 1 fully saturated rings. The Kier molecular flexibility index (Phi) is 17.9. The molecule has 0 radical (unpaired) electrons. The molecule has 1 rings (SSSR count). The van der Waals surface area contributed by atoms with E-state index in [4.69, 9.17) is 0 Å². The zero-order chi connectivity index (χ0) is 19.9. The van der Waals surface area contributed by atoms with Gasteiger partial charge in [0.05, 0.1) is 20.0 Å². The van der Waals surface area contributed by atoms with Crippen LogP contribution >= 0.6 is 0 Å². The molecule has 1 heterocycles. The summed E-state index contributed by atoms with van der Waals surface area (Å²) < 4.78 is 0. The Morgan fingerprint density at radius 3 is 0.542 bits per heavy atom. The van der Waals surface area contributed by atoms with Gasteiger partial charge in [0.15, 0.2) is 0 Å². The average molecular weight is 358 g/mol. The Morgan fingerprint density at radius 2 is 0.458 bits per heavy atom. The molecule has 0 aromatic heterocycles. The second-order valence-electron chi connectivity index (χ2n) is 10.6. The normalized spacial score (nSPS) is 16.5. The van der Waals surface area contributed by atoms with Crippen molar-refractivity contribution in [1.29, 1.82) is 0 Å². The molecule has 0 bridgehead atoms. The highest BCUT2D eigenvalue weighted by atomic mass is 15.6. The van der Waals surface area contributed by atoms with Gasteiger partial charge in [-0.25, -0.2) is 32.6 Å². The largest absolute Gasteiger partial charge is 0.241 e. The van der Waals surface area contributed by atoms with Crippen molar-refractivity contribution in [2.75, 3.05) is 20.0 Å². The van der Waals surface area contributed by atoms with Crippen LogP contribution in [-0.2, 0) is 0 Å². The van der Waals surface area contributed by atoms with Gasteiger partial charge in [0.1, 0.15) is 0 Å². The Labute approximate surface area is 157 Å². The first-order chi connectivity index (χ1) is 10.5. The van der Waals surface area contributed by atoms with E-state index in [1.165, 1.54) is 0 Å². The smallest absolute Gasteiger partial charge is 0.0721 e. The fourth-order valence-electron chi connectivity index (χ4n) is 0.508. The molecular weight excluding hydrogens is 300 g/mol. The van der Waals surface area contributed by atoms with E-state index < -0.39 is 0 Å². The molecule has 0 aliphatic carbocycles. The molecule has 1 aliphatic rings. The van der Waals surface area contributed by atoms with Crippen LogP contribution < -0.4 is 32.6 Å². The topological polar surface area (TPSA) is 72.2 Å². The maximum Gasteiger partial charge on any atom is 0.0721 e. The van der Waals surface area contributed by atoms with Crippen molar-refractivity contribution in [3.8, 4) is 0 Å². The SMILES string of the molecule is C1NNCNNCNN1.CC(C)(C)C.CC(C)(C)C.CC(C)(C)C.[2HH].[2HH].[2HH]. The van der Waals surface area contributed by atoms with Crippen LogP contribution in [0.2, 0.25) is 0 Å². The van der Waals surface area contributed by atoms with Crippen molar-refractivity contribution in [2.45, 2.75) is 83.1 Å². The lowest BCUT2D eigenvalue weighted by Crippen LogP contribution is -2.44. The summed E-state index contributed by atoms with van der Waals surface area (Å²) in [6.45, 7) is 28.3. The van der Waals surface area contributed by atoms with Crippen LogP contribution in [-0.4, -0.2) is 20.0 Å². The highest BCUT2D eigenvalue weighted by molar-refractivity contribution is 4.48. The Morgan fingerprint density at radius 1 is 0.375 bits per heavy atom. The van der Waals surface area contributed by atoms with Crippen LogP contribution in [0.4, 0.5) is 0 Å². The van der Waals surface area contributed by atoms with Gasteiger partial charge in [0.25, 0.3) is 0 Å². The summed E-state index contributed by atoms with van der Waals surface area (Å²) in [5, 5.41) is 0. The maximum absolute atomic E-state index is 2.90. The van der Waals surface area contributed by atoms with Gasteiger partial charge in [0, 0.05) is 4.28 Å². The second-order valence-corrected chi connectivity index (χ2v) is 10.6. The van der Waals surface area contributed by atoms with Crippen molar-refractivity contribution in [3.63, 3.8) is 0 Å². The third-order valence-electron chi connectivity index (χ3n) is 0.905. The lowest BCUT2D eigenvalue weighted by atomic mass is 10.0. The van der Waals surface area contributed by atoms with E-state index in [-0.39, 0.29) is 4.28 Å². The van der Waals surface area contributed by atoms with Crippen molar-refractivity contribution in [1.82, 2.24) is 32.6 Å². The fraction of sp³-hybridized carbons (Fsp3) is 1.00. The van der Waals surface area contributed by atoms with Gasteiger partial charge >= 0.3 is 0 Å². The van der Waals surface area contributed by atoms with Crippen molar-refractivity contribution in [2.24, 2.45) is 16.2 Å². The Hall–Kier alpha value is -0.240. The van der Waals surface area contributed by atoms with E-state index in [2.05, 4.69) is 116 Å². The molecule has 0 saturated carbocycles. The van der Waals surface area contributed by atoms with E-state index in [0.717, 1.165) is 0 Å². The van der Waals surface area contributed by atoms with Crippen LogP contribution in [0, 0.1) is 16.2 Å². The molecule has 6 nitrogen and oxygen atoms in total. The third-order valence-corrected chi connectivity index (χ3v) is 0.905. The van der Waals surface area contributed by atoms with Crippen LogP contribution in [0.25, 0.3) is 0 Å². The third kappa shape index (κ3) is 122. The number of hydrogen-bond acceptors (Lipinski definition) is 6. The number of hydrogen-bond donors (Lipinski definition) is 6. The molecule has 0 atom stereocenters. The molecular formula is C18H54N6. The highest BCUT2D eigenvalue weighted by Crippen LogP contribution is 2.08. The van der Waals surface area contributed by atoms with E-state index in [1.54, 1.807) is 0 Å². The molecule has 1 saturated heterocycles. The molecule has 0 aromatic carbocycles. The number of rotatable bonds is 0. The Balaban J connectivity index is -0.0000000549. The lowest BCUT2D eigenvalue weighted by molar-refractivity contribution is 0.462. The minimum Gasteiger partial charge on any atom is -0.241 e. The van der Waals surface area contributed by atoms with Crippen LogP contribution in [0.15, 0.2) is 0 Å². The van der Waals surface area contributed by atoms with Gasteiger partial charge in [-0.15, -0.1) is 0 Å². The molecule has 156 valence electrons. The average Bonchev–Trinajstić information content (AvgIpc) is 2.36. The van der Waals surface area contributed by atoms with E-state index >= 15 is 0 Å². The zero-order valence-corrected chi connectivity index (χ0v) is 18.6. The van der Waals surface area contributed by atoms with E-state index in [0.29, 0.717) is 36.3 Å². The van der Waals surface area contributed by atoms with Crippen LogP contribution in [0.3, 0.4) is 0 Å². The predicted molar refractivity (Wildman–Crippen MR) is 115 cm³/mol. The molecule has 24 heavy (non-hydrogen) atoms. The maximum atomic E-state index is 2.90. The van der Waals surface area contributed by atoms with Gasteiger partial charge < -0.3 is 0 Å². The van der Waals surface area contributed by atoms with Crippen LogP contribution in [0.5, 0.6) is 0 Å². The first kappa shape index (κ1) is 28.6. The summed E-state index contributed by atoms with van der Waals surface area (Å²) in [6.07, 6.45) is 0. The summed E-state index contributed by atoms with van der Waals surface area (Å²) in [4.78, 5) is 0. The summed E-state index contributed by atoms with van der Waals surface area (Å²) in [5.74, 6) is 0. The summed E-state index contributed by atoms with van der Waals surface area (Å²) >= 11 is 0. The minimum atomic E-state index is 0. The summed E-state index contributed by atoms with van der Waals surface area (Å²) in [6, 6.07) is 0. The summed E-state index contributed by atoms with van der Waals surface area (Å²) in [5.41, 5.74) is 18.9. The predicted octanol–water partition coefficient (Wildman–Crippen LogP) is 4.05. The second kappa shape index (κ2) is 15.0. The van der Waals surface area contributed by atoms with E-state index in [9.17, 15) is 0 Å². The number of nitrogens with one attached hydrogen (secondary N) is 6. The highest BCUT2D eigenvalue weighted by Gasteiger charge is 1.96. The minimum absolute atomic E-state index is 0. The first-order valence-corrected chi connectivity index (χ1v) is 8.87. The molecule has 0 unspecified atom stereocenters. The van der Waals surface area contributed by atoms with Gasteiger partial charge in [-0.3, -0.25) is 0 Å². The molecule has 0 amide bonds. The van der Waals surface area contributed by atoms with Gasteiger partial charge in [-0.1, -0.05) is 83.1 Å². The fourth-order valence-corrected chi connectivity index (χ4v) is 0.508. The molecule has 6 N–H and O–H groups in total. The first-order valence-electron chi connectivity index (χ1n) is 8.87. The number of hydrazine groups is 3. The lowest BCUT2D eigenvalue weighted by Gasteiger charge is -2.05. The van der Waals surface area contributed by atoms with Crippen molar-refractivity contribution >= 4 is 0 Å². The van der Waals surface area contributed by atoms with Crippen molar-refractivity contribution < 1.29 is 4.28 Å². The molecule has 0 spiro atoms. The van der Waals surface area contributed by atoms with Gasteiger partial charge in [0.2, 0.25) is 0 Å². The monoisotopic (exact) mass is 357 g/mol. The van der Waals surface area contributed by atoms with E-state index in [1.807, 2.05) is 0 Å². The zero-order valence-electron chi connectivity index (χ0n) is 18.6. The van der Waals surface area contributed by atoms with Crippen LogP contribution in [0.1, 0.15) is 87.4 Å². The molecule has 1 aliphatic heterocycles. The standard InChI is InChI=1S/3C5H12.C3H12N6.3H2/c3*1-5(2,3)4;1-4-6-2-8-9-3-7-5-1;;;/h3*1-4H3;4-9H,1-3H2;3*1H/i;;;;3*1+1. The molecule has 6 heteroatoms. The van der Waals surface area contributed by atoms with Gasteiger partial charge in [-0.05, 0) is 16.2 Å². The Bertz CT molecular complexity index is 186. The summed E-state index contributed by atoms with van der Waals surface area (Å²) in [7, 11) is 0. The van der Waals surface area contributed by atoms with Gasteiger partial charge in [-0.2, -0.15) is 0 Å². The molecule has 0 aromatic rings.